The van der Waals surface area contributed by atoms with E-state index in [1.54, 1.807) is 18.7 Å². The molecule has 1 fully saturated rings. The monoisotopic (exact) mass is 321 g/mol. The summed E-state index contributed by atoms with van der Waals surface area (Å²) in [4.78, 5) is 24.0. The molecule has 0 unspecified atom stereocenters. The normalized spacial score (nSPS) is 16.7. The zero-order chi connectivity index (χ0) is 16.2. The fourth-order valence-corrected chi connectivity index (χ4v) is 4.00. The molecule has 1 aromatic rings. The summed E-state index contributed by atoms with van der Waals surface area (Å²) in [5.74, 6) is 4.13. The highest BCUT2D eigenvalue weighted by atomic mass is 32.2. The van der Waals surface area contributed by atoms with Crippen LogP contribution in [-0.4, -0.2) is 29.1 Å². The number of nitrogens with one attached hydrogen (secondary N) is 1. The SMILES string of the molecule is C#CCNC(=O)CC1(c2oc(C)cc(=O)c2O)CCSCC1. The number of hydrogen-bond donors (Lipinski definition) is 2. The van der Waals surface area contributed by atoms with Gasteiger partial charge in [-0.1, -0.05) is 5.92 Å². The molecule has 1 amide bonds. The van der Waals surface area contributed by atoms with Crippen LogP contribution in [0.25, 0.3) is 0 Å². The van der Waals surface area contributed by atoms with E-state index >= 15 is 0 Å². The van der Waals surface area contributed by atoms with Gasteiger partial charge in [0.05, 0.1) is 6.54 Å². The summed E-state index contributed by atoms with van der Waals surface area (Å²) in [6, 6.07) is 1.25. The number of thioether (sulfide) groups is 1. The second-order valence-corrected chi connectivity index (χ2v) is 6.67. The molecule has 1 saturated heterocycles. The lowest BCUT2D eigenvalue weighted by atomic mass is 9.75. The minimum Gasteiger partial charge on any atom is -0.502 e. The molecule has 2 heterocycles. The van der Waals surface area contributed by atoms with Crippen molar-refractivity contribution >= 4 is 17.7 Å². The van der Waals surface area contributed by atoms with E-state index in [0.29, 0.717) is 18.6 Å². The molecular formula is C16H19NO4S. The van der Waals surface area contributed by atoms with E-state index in [0.717, 1.165) is 11.5 Å². The first-order valence-electron chi connectivity index (χ1n) is 7.10. The highest BCUT2D eigenvalue weighted by Crippen LogP contribution is 2.43. The van der Waals surface area contributed by atoms with Gasteiger partial charge in [0, 0.05) is 17.9 Å². The second-order valence-electron chi connectivity index (χ2n) is 5.45. The average molecular weight is 321 g/mol. The third kappa shape index (κ3) is 3.47. The molecule has 0 bridgehead atoms. The molecule has 0 spiro atoms. The number of carbonyl (C=O) groups is 1. The van der Waals surface area contributed by atoms with Gasteiger partial charge in [0.2, 0.25) is 17.1 Å². The van der Waals surface area contributed by atoms with E-state index in [-0.39, 0.29) is 30.4 Å². The maximum absolute atomic E-state index is 12.1. The number of terminal acetylenes is 1. The van der Waals surface area contributed by atoms with E-state index in [1.807, 2.05) is 0 Å². The highest BCUT2D eigenvalue weighted by molar-refractivity contribution is 7.99. The molecule has 0 atom stereocenters. The van der Waals surface area contributed by atoms with Crippen molar-refractivity contribution in [2.24, 2.45) is 0 Å². The van der Waals surface area contributed by atoms with Gasteiger partial charge in [-0.2, -0.15) is 11.8 Å². The van der Waals surface area contributed by atoms with Gasteiger partial charge in [-0.25, -0.2) is 0 Å². The lowest BCUT2D eigenvalue weighted by Crippen LogP contribution is -2.38. The smallest absolute Gasteiger partial charge is 0.227 e. The summed E-state index contributed by atoms with van der Waals surface area (Å²) in [5, 5.41) is 12.8. The molecule has 2 rings (SSSR count). The van der Waals surface area contributed by atoms with Gasteiger partial charge in [0.15, 0.2) is 5.76 Å². The molecule has 0 saturated carbocycles. The molecular weight excluding hydrogens is 302 g/mol. The van der Waals surface area contributed by atoms with E-state index in [1.165, 1.54) is 6.07 Å². The minimum absolute atomic E-state index is 0.148. The summed E-state index contributed by atoms with van der Waals surface area (Å²) in [6.45, 7) is 1.82. The first-order chi connectivity index (χ1) is 10.5. The van der Waals surface area contributed by atoms with Crippen LogP contribution in [0, 0.1) is 19.3 Å². The Morgan fingerprint density at radius 3 is 2.86 bits per heavy atom. The van der Waals surface area contributed by atoms with Crippen molar-refractivity contribution in [3.05, 3.63) is 27.8 Å². The first-order valence-corrected chi connectivity index (χ1v) is 8.26. The van der Waals surface area contributed by atoms with Gasteiger partial charge >= 0.3 is 0 Å². The average Bonchev–Trinajstić information content (AvgIpc) is 2.49. The Bertz CT molecular complexity index is 653. The summed E-state index contributed by atoms with van der Waals surface area (Å²) < 4.78 is 5.66. The van der Waals surface area contributed by atoms with E-state index in [9.17, 15) is 14.7 Å². The van der Waals surface area contributed by atoms with Crippen molar-refractivity contribution in [2.45, 2.75) is 31.6 Å². The standard InChI is InChI=1S/C16H19NO4S/c1-3-6-17-13(19)10-16(4-7-22-8-5-16)15-14(20)12(18)9-11(2)21-15/h1,9,20H,4-8,10H2,2H3,(H,17,19). The molecule has 0 aromatic carbocycles. The Hall–Kier alpha value is -1.87. The van der Waals surface area contributed by atoms with Gasteiger partial charge < -0.3 is 14.8 Å². The zero-order valence-electron chi connectivity index (χ0n) is 12.5. The van der Waals surface area contributed by atoms with E-state index < -0.39 is 10.8 Å². The van der Waals surface area contributed by atoms with Crippen molar-refractivity contribution < 1.29 is 14.3 Å². The quantitative estimate of drug-likeness (QED) is 0.823. The van der Waals surface area contributed by atoms with Crippen LogP contribution in [0.15, 0.2) is 15.3 Å². The molecule has 1 aromatic heterocycles. The fraction of sp³-hybridized carbons (Fsp3) is 0.500. The molecule has 22 heavy (non-hydrogen) atoms. The molecule has 1 aliphatic heterocycles. The molecule has 6 heteroatoms. The number of amides is 1. The number of aryl methyl sites for hydroxylation is 1. The zero-order valence-corrected chi connectivity index (χ0v) is 13.3. The highest BCUT2D eigenvalue weighted by Gasteiger charge is 2.41. The van der Waals surface area contributed by atoms with Gasteiger partial charge in [-0.3, -0.25) is 9.59 Å². The van der Waals surface area contributed by atoms with Gasteiger partial charge in [-0.05, 0) is 31.3 Å². The van der Waals surface area contributed by atoms with Crippen LogP contribution in [0.5, 0.6) is 5.75 Å². The minimum atomic E-state index is -0.654. The predicted octanol–water partition coefficient (Wildman–Crippen LogP) is 1.56. The molecule has 0 aliphatic carbocycles. The fourth-order valence-electron chi connectivity index (χ4n) is 2.73. The summed E-state index contributed by atoms with van der Waals surface area (Å²) in [5.41, 5.74) is -1.13. The number of hydrogen-bond acceptors (Lipinski definition) is 5. The van der Waals surface area contributed by atoms with Crippen LogP contribution in [0.2, 0.25) is 0 Å². The van der Waals surface area contributed by atoms with E-state index in [2.05, 4.69) is 11.2 Å². The van der Waals surface area contributed by atoms with Crippen LogP contribution < -0.4 is 10.7 Å². The summed E-state index contributed by atoms with van der Waals surface area (Å²) in [7, 11) is 0. The van der Waals surface area contributed by atoms with Crippen LogP contribution in [0.3, 0.4) is 0 Å². The second kappa shape index (κ2) is 6.93. The lowest BCUT2D eigenvalue weighted by molar-refractivity contribution is -0.122. The lowest BCUT2D eigenvalue weighted by Gasteiger charge is -2.35. The Kier molecular flexibility index (Phi) is 5.19. The third-order valence-electron chi connectivity index (χ3n) is 3.86. The van der Waals surface area contributed by atoms with Crippen LogP contribution >= 0.6 is 11.8 Å². The van der Waals surface area contributed by atoms with Crippen molar-refractivity contribution in [3.8, 4) is 18.1 Å². The van der Waals surface area contributed by atoms with Crippen molar-refractivity contribution in [3.63, 3.8) is 0 Å². The first kappa shape index (κ1) is 16.5. The Morgan fingerprint density at radius 2 is 2.23 bits per heavy atom. The van der Waals surface area contributed by atoms with Crippen LogP contribution in [0.4, 0.5) is 0 Å². The molecule has 2 N–H and O–H groups in total. The Labute approximate surface area is 133 Å². The maximum atomic E-state index is 12.1. The van der Waals surface area contributed by atoms with Crippen LogP contribution in [-0.2, 0) is 10.2 Å². The van der Waals surface area contributed by atoms with Crippen LogP contribution in [0.1, 0.15) is 30.8 Å². The van der Waals surface area contributed by atoms with Gasteiger partial charge in [0.1, 0.15) is 5.76 Å². The molecule has 1 aliphatic rings. The molecule has 5 nitrogen and oxygen atoms in total. The maximum Gasteiger partial charge on any atom is 0.227 e. The Morgan fingerprint density at radius 1 is 1.55 bits per heavy atom. The predicted molar refractivity (Wildman–Crippen MR) is 86.1 cm³/mol. The number of rotatable bonds is 4. The topological polar surface area (TPSA) is 79.5 Å². The molecule has 118 valence electrons. The van der Waals surface area contributed by atoms with Crippen molar-refractivity contribution in [2.75, 3.05) is 18.1 Å². The molecule has 0 radical (unpaired) electrons. The third-order valence-corrected chi connectivity index (χ3v) is 4.85. The summed E-state index contributed by atoms with van der Waals surface area (Å²) >= 11 is 1.79. The van der Waals surface area contributed by atoms with E-state index in [4.69, 9.17) is 10.8 Å². The van der Waals surface area contributed by atoms with Gasteiger partial charge in [-0.15, -0.1) is 6.42 Å². The summed E-state index contributed by atoms with van der Waals surface area (Å²) in [6.07, 6.45) is 6.63. The number of carbonyl (C=O) groups excluding carboxylic acids is 1. The van der Waals surface area contributed by atoms with Gasteiger partial charge in [0.25, 0.3) is 0 Å². The Balaban J connectivity index is 2.40. The van der Waals surface area contributed by atoms with Crippen molar-refractivity contribution in [1.29, 1.82) is 0 Å². The number of aromatic hydroxyl groups is 1. The van der Waals surface area contributed by atoms with Crippen molar-refractivity contribution in [1.82, 2.24) is 5.32 Å². The largest absolute Gasteiger partial charge is 0.502 e.